The number of nitrogens with one attached hydrogen (secondary N) is 1. The Labute approximate surface area is 117 Å². The summed E-state index contributed by atoms with van der Waals surface area (Å²) in [7, 11) is -3.85. The lowest BCUT2D eigenvalue weighted by Gasteiger charge is -2.06. The average molecular weight is 296 g/mol. The molecule has 0 aliphatic rings. The van der Waals surface area contributed by atoms with Crippen LogP contribution in [0.25, 0.3) is 0 Å². The third-order valence-electron chi connectivity index (χ3n) is 2.58. The van der Waals surface area contributed by atoms with E-state index in [-0.39, 0.29) is 16.7 Å². The maximum Gasteiger partial charge on any atom is 0.269 e. The van der Waals surface area contributed by atoms with Crippen LogP contribution in [0.4, 0.5) is 11.8 Å². The number of nitrogen functional groups attached to an aromatic ring is 1. The molecule has 0 aliphatic heterocycles. The molecule has 0 atom stereocenters. The molecule has 20 heavy (non-hydrogen) atoms. The summed E-state index contributed by atoms with van der Waals surface area (Å²) >= 11 is 0. The van der Waals surface area contributed by atoms with Crippen LogP contribution in [-0.4, -0.2) is 28.2 Å². The first-order valence-corrected chi connectivity index (χ1v) is 7.48. The van der Waals surface area contributed by atoms with Crippen LogP contribution in [0.1, 0.15) is 18.3 Å². The van der Waals surface area contributed by atoms with Crippen molar-refractivity contribution in [2.45, 2.75) is 32.2 Å². The molecule has 0 bridgehead atoms. The van der Waals surface area contributed by atoms with E-state index >= 15 is 0 Å². The van der Waals surface area contributed by atoms with Gasteiger partial charge in [0.25, 0.3) is 10.0 Å². The summed E-state index contributed by atoms with van der Waals surface area (Å²) in [6, 6.07) is 1.75. The van der Waals surface area contributed by atoms with Crippen molar-refractivity contribution in [2.75, 3.05) is 10.5 Å². The molecule has 0 aliphatic carbocycles. The molecule has 2 rings (SSSR count). The molecular formula is C11H16N6O2S. The summed E-state index contributed by atoms with van der Waals surface area (Å²) in [5.74, 6) is -0.0325. The molecule has 0 fully saturated rings. The van der Waals surface area contributed by atoms with Crippen molar-refractivity contribution in [3.8, 4) is 0 Å². The van der Waals surface area contributed by atoms with Crippen molar-refractivity contribution in [2.24, 2.45) is 0 Å². The second kappa shape index (κ2) is 5.08. The maximum atomic E-state index is 12.2. The van der Waals surface area contributed by atoms with E-state index in [0.717, 1.165) is 0 Å². The van der Waals surface area contributed by atoms with Gasteiger partial charge in [-0.25, -0.2) is 23.1 Å². The third-order valence-corrected chi connectivity index (χ3v) is 3.92. The van der Waals surface area contributed by atoms with Crippen molar-refractivity contribution in [1.29, 1.82) is 0 Å². The number of nitrogens with two attached hydrogens (primary N) is 1. The fraction of sp³-hybridized carbons (Fsp3) is 0.364. The summed E-state index contributed by atoms with van der Waals surface area (Å²) in [6.07, 6.45) is 1.38. The van der Waals surface area contributed by atoms with Gasteiger partial charge in [0.2, 0.25) is 5.95 Å². The second-order valence-corrected chi connectivity index (χ2v) is 5.96. The highest BCUT2D eigenvalue weighted by atomic mass is 32.2. The van der Waals surface area contributed by atoms with Crippen LogP contribution in [0.2, 0.25) is 0 Å². The van der Waals surface area contributed by atoms with Crippen molar-refractivity contribution >= 4 is 21.8 Å². The molecule has 0 amide bonds. The van der Waals surface area contributed by atoms with E-state index in [1.54, 1.807) is 19.9 Å². The van der Waals surface area contributed by atoms with Gasteiger partial charge in [0.15, 0.2) is 5.82 Å². The first kappa shape index (κ1) is 14.3. The van der Waals surface area contributed by atoms with E-state index in [4.69, 9.17) is 5.73 Å². The summed E-state index contributed by atoms with van der Waals surface area (Å²) in [5, 5.41) is 3.91. The lowest BCUT2D eigenvalue weighted by atomic mass is 10.4. The number of anilines is 2. The Morgan fingerprint density at radius 1 is 1.30 bits per heavy atom. The van der Waals surface area contributed by atoms with Crippen LogP contribution in [0.3, 0.4) is 0 Å². The molecule has 0 spiro atoms. The van der Waals surface area contributed by atoms with E-state index in [0.29, 0.717) is 17.9 Å². The zero-order chi connectivity index (χ0) is 14.9. The van der Waals surface area contributed by atoms with Crippen LogP contribution >= 0.6 is 0 Å². The molecule has 8 nitrogen and oxygen atoms in total. The highest BCUT2D eigenvalue weighted by Crippen LogP contribution is 2.19. The van der Waals surface area contributed by atoms with Crippen LogP contribution < -0.4 is 10.5 Å². The Balaban J connectivity index is 2.37. The number of nitrogens with zero attached hydrogens (tertiary/aromatic N) is 4. The number of rotatable bonds is 4. The number of hydrogen-bond acceptors (Lipinski definition) is 6. The Hall–Kier alpha value is -2.16. The fourth-order valence-electron chi connectivity index (χ4n) is 1.73. The summed E-state index contributed by atoms with van der Waals surface area (Å²) in [5.41, 5.74) is 6.97. The zero-order valence-electron chi connectivity index (χ0n) is 11.5. The highest BCUT2D eigenvalue weighted by molar-refractivity contribution is 7.92. The SMILES string of the molecule is CCn1cc(S(=O)(=O)Nc2nc(C)cc(C)n2)c(N)n1. The van der Waals surface area contributed by atoms with Gasteiger partial charge >= 0.3 is 0 Å². The summed E-state index contributed by atoms with van der Waals surface area (Å²) < 4.78 is 28.3. The smallest absolute Gasteiger partial charge is 0.269 e. The number of aryl methyl sites for hydroxylation is 3. The molecule has 0 radical (unpaired) electrons. The normalized spacial score (nSPS) is 11.6. The molecule has 2 aromatic rings. The van der Waals surface area contributed by atoms with Crippen LogP contribution in [0, 0.1) is 13.8 Å². The third kappa shape index (κ3) is 2.87. The topological polar surface area (TPSA) is 116 Å². The fourth-order valence-corrected chi connectivity index (χ4v) is 2.75. The van der Waals surface area contributed by atoms with Gasteiger partial charge in [0.05, 0.1) is 0 Å². The van der Waals surface area contributed by atoms with Gasteiger partial charge in [0.1, 0.15) is 4.90 Å². The number of hydrogen-bond donors (Lipinski definition) is 2. The van der Waals surface area contributed by atoms with E-state index in [1.165, 1.54) is 10.9 Å². The standard InChI is InChI=1S/C11H16N6O2S/c1-4-17-6-9(10(12)15-17)20(18,19)16-11-13-7(2)5-8(3)14-11/h5-6H,4H2,1-3H3,(H2,12,15)(H,13,14,16). The molecule has 108 valence electrons. The first-order chi connectivity index (χ1) is 9.31. The monoisotopic (exact) mass is 296 g/mol. The van der Waals surface area contributed by atoms with E-state index < -0.39 is 10.0 Å². The highest BCUT2D eigenvalue weighted by Gasteiger charge is 2.22. The van der Waals surface area contributed by atoms with E-state index in [9.17, 15) is 8.42 Å². The molecule has 9 heteroatoms. The molecule has 3 N–H and O–H groups in total. The van der Waals surface area contributed by atoms with Crippen LogP contribution in [-0.2, 0) is 16.6 Å². The van der Waals surface area contributed by atoms with Crippen molar-refractivity contribution in [3.63, 3.8) is 0 Å². The lowest BCUT2D eigenvalue weighted by Crippen LogP contribution is -2.16. The Kier molecular flexibility index (Phi) is 3.62. The first-order valence-electron chi connectivity index (χ1n) is 6.00. The van der Waals surface area contributed by atoms with Crippen molar-refractivity contribution in [3.05, 3.63) is 23.7 Å². The number of sulfonamides is 1. The minimum absolute atomic E-state index is 0.0196. The molecule has 2 aromatic heterocycles. The minimum Gasteiger partial charge on any atom is -0.381 e. The largest absolute Gasteiger partial charge is 0.381 e. The van der Waals surface area contributed by atoms with Gasteiger partial charge < -0.3 is 5.73 Å². The summed E-state index contributed by atoms with van der Waals surface area (Å²) in [4.78, 5) is 7.98. The van der Waals surface area contributed by atoms with Gasteiger partial charge in [-0.15, -0.1) is 0 Å². The quantitative estimate of drug-likeness (QED) is 0.857. The lowest BCUT2D eigenvalue weighted by molar-refractivity contribution is 0.600. The Morgan fingerprint density at radius 3 is 2.40 bits per heavy atom. The van der Waals surface area contributed by atoms with Gasteiger partial charge in [0, 0.05) is 24.1 Å². The maximum absolute atomic E-state index is 12.2. The van der Waals surface area contributed by atoms with Gasteiger partial charge in [-0.1, -0.05) is 0 Å². The predicted octanol–water partition coefficient (Wildman–Crippen LogP) is 0.693. The molecule has 0 saturated carbocycles. The van der Waals surface area contributed by atoms with Gasteiger partial charge in [-0.2, -0.15) is 5.10 Å². The molecular weight excluding hydrogens is 280 g/mol. The average Bonchev–Trinajstić information content (AvgIpc) is 2.69. The van der Waals surface area contributed by atoms with E-state index in [2.05, 4.69) is 19.8 Å². The van der Waals surface area contributed by atoms with Crippen LogP contribution in [0.5, 0.6) is 0 Å². The molecule has 2 heterocycles. The Bertz CT molecular complexity index is 717. The second-order valence-electron chi connectivity index (χ2n) is 4.31. The van der Waals surface area contributed by atoms with Crippen molar-refractivity contribution < 1.29 is 8.42 Å². The molecule has 0 unspecified atom stereocenters. The minimum atomic E-state index is -3.85. The van der Waals surface area contributed by atoms with E-state index in [1.807, 2.05) is 6.92 Å². The number of aromatic nitrogens is 4. The van der Waals surface area contributed by atoms with Crippen LogP contribution in [0.15, 0.2) is 17.2 Å². The molecule has 0 saturated heterocycles. The van der Waals surface area contributed by atoms with Gasteiger partial charge in [-0.3, -0.25) is 4.68 Å². The summed E-state index contributed by atoms with van der Waals surface area (Å²) in [6.45, 7) is 5.88. The Morgan fingerprint density at radius 2 is 1.90 bits per heavy atom. The van der Waals surface area contributed by atoms with Crippen molar-refractivity contribution in [1.82, 2.24) is 19.7 Å². The molecule has 0 aromatic carbocycles. The van der Waals surface area contributed by atoms with Gasteiger partial charge in [-0.05, 0) is 26.8 Å². The predicted molar refractivity (Wildman–Crippen MR) is 74.6 cm³/mol. The zero-order valence-corrected chi connectivity index (χ0v) is 12.3.